The van der Waals surface area contributed by atoms with Crippen molar-refractivity contribution in [2.45, 2.75) is 6.54 Å². The maximum atomic E-state index is 8.77. The summed E-state index contributed by atoms with van der Waals surface area (Å²) in [4.78, 5) is 14.1. The van der Waals surface area contributed by atoms with Crippen LogP contribution in [0.3, 0.4) is 0 Å². The van der Waals surface area contributed by atoms with Gasteiger partial charge in [-0.3, -0.25) is 4.98 Å². The quantitative estimate of drug-likeness (QED) is 0.789. The van der Waals surface area contributed by atoms with Gasteiger partial charge in [-0.25, -0.2) is 9.97 Å². The molecule has 2 aromatic rings. The average Bonchev–Trinajstić information content (AvgIpc) is 2.40. The molecule has 0 atom stereocenters. The van der Waals surface area contributed by atoms with E-state index in [-0.39, 0.29) is 0 Å². The Kier molecular flexibility index (Phi) is 3.26. The zero-order valence-electron chi connectivity index (χ0n) is 9.41. The van der Waals surface area contributed by atoms with E-state index in [1.165, 1.54) is 0 Å². The lowest BCUT2D eigenvalue weighted by Gasteiger charge is -2.16. The van der Waals surface area contributed by atoms with Crippen molar-refractivity contribution in [2.24, 2.45) is 0 Å². The van der Waals surface area contributed by atoms with E-state index in [0.29, 0.717) is 18.2 Å². The highest BCUT2D eigenvalue weighted by atomic mass is 15.2. The van der Waals surface area contributed by atoms with Crippen molar-refractivity contribution in [3.05, 3.63) is 48.0 Å². The first-order valence-corrected chi connectivity index (χ1v) is 5.13. The molecule has 0 radical (unpaired) electrons. The number of pyridine rings is 1. The maximum absolute atomic E-state index is 8.77. The summed E-state index contributed by atoms with van der Waals surface area (Å²) in [5.74, 6) is 0.542. The standard InChI is InChI=1S/C12H11N5/c1-17(9-10-2-5-14-6-3-10)12-15-7-4-11(8-13)16-12/h2-7H,9H2,1H3. The van der Waals surface area contributed by atoms with Gasteiger partial charge >= 0.3 is 0 Å². The van der Waals surface area contributed by atoms with Crippen LogP contribution in [0.4, 0.5) is 5.95 Å². The molecule has 2 rings (SSSR count). The minimum atomic E-state index is 0.372. The van der Waals surface area contributed by atoms with Gasteiger partial charge in [-0.2, -0.15) is 5.26 Å². The maximum Gasteiger partial charge on any atom is 0.226 e. The van der Waals surface area contributed by atoms with Crippen LogP contribution >= 0.6 is 0 Å². The summed E-state index contributed by atoms with van der Waals surface area (Å²) in [6.45, 7) is 0.678. The Morgan fingerprint density at radius 1 is 1.24 bits per heavy atom. The summed E-state index contributed by atoms with van der Waals surface area (Å²) in [6, 6.07) is 7.46. The molecule has 0 spiro atoms. The summed E-state index contributed by atoms with van der Waals surface area (Å²) < 4.78 is 0. The second-order valence-corrected chi connectivity index (χ2v) is 3.57. The summed E-state index contributed by atoms with van der Waals surface area (Å²) in [6.07, 6.45) is 5.08. The number of hydrogen-bond donors (Lipinski definition) is 0. The van der Waals surface area contributed by atoms with Crippen LogP contribution in [0.2, 0.25) is 0 Å². The molecule has 0 aliphatic carbocycles. The largest absolute Gasteiger partial charge is 0.340 e. The van der Waals surface area contributed by atoms with Gasteiger partial charge in [-0.1, -0.05) is 0 Å². The molecular formula is C12H11N5. The molecule has 0 aliphatic rings. The van der Waals surface area contributed by atoms with Gasteiger partial charge < -0.3 is 4.90 Å². The number of nitriles is 1. The van der Waals surface area contributed by atoms with Crippen LogP contribution in [0.1, 0.15) is 11.3 Å². The van der Waals surface area contributed by atoms with Crippen LogP contribution in [-0.4, -0.2) is 22.0 Å². The molecule has 0 N–H and O–H groups in total. The summed E-state index contributed by atoms with van der Waals surface area (Å²) in [5.41, 5.74) is 1.49. The first-order chi connectivity index (χ1) is 8.29. The minimum Gasteiger partial charge on any atom is -0.340 e. The fourth-order valence-electron chi connectivity index (χ4n) is 1.43. The zero-order valence-corrected chi connectivity index (χ0v) is 9.41. The molecule has 0 saturated heterocycles. The van der Waals surface area contributed by atoms with E-state index in [4.69, 9.17) is 5.26 Å². The lowest BCUT2D eigenvalue weighted by atomic mass is 10.2. The lowest BCUT2D eigenvalue weighted by molar-refractivity contribution is 0.862. The van der Waals surface area contributed by atoms with Gasteiger partial charge in [0.1, 0.15) is 11.8 Å². The summed E-state index contributed by atoms with van der Waals surface area (Å²) in [7, 11) is 1.89. The van der Waals surface area contributed by atoms with Gasteiger partial charge in [0.2, 0.25) is 5.95 Å². The molecule has 17 heavy (non-hydrogen) atoms. The van der Waals surface area contributed by atoms with Crippen molar-refractivity contribution < 1.29 is 0 Å². The predicted octanol–water partition coefficient (Wildman–Crippen LogP) is 1.38. The highest BCUT2D eigenvalue weighted by Gasteiger charge is 2.05. The topological polar surface area (TPSA) is 65.7 Å². The smallest absolute Gasteiger partial charge is 0.226 e. The molecule has 0 bridgehead atoms. The number of hydrogen-bond acceptors (Lipinski definition) is 5. The predicted molar refractivity (Wildman–Crippen MR) is 63.1 cm³/mol. The number of rotatable bonds is 3. The van der Waals surface area contributed by atoms with Crippen LogP contribution in [0.25, 0.3) is 0 Å². The Balaban J connectivity index is 2.15. The molecule has 0 fully saturated rings. The normalized spacial score (nSPS) is 9.65. The molecule has 5 heteroatoms. The average molecular weight is 225 g/mol. The molecule has 84 valence electrons. The third-order valence-electron chi connectivity index (χ3n) is 2.27. The van der Waals surface area contributed by atoms with E-state index >= 15 is 0 Å². The first-order valence-electron chi connectivity index (χ1n) is 5.13. The number of aromatic nitrogens is 3. The molecule has 2 heterocycles. The Labute approximate surface area is 99.4 Å². The molecule has 0 aliphatic heterocycles. The van der Waals surface area contributed by atoms with Crippen molar-refractivity contribution >= 4 is 5.95 Å². The number of anilines is 1. The van der Waals surface area contributed by atoms with Crippen molar-refractivity contribution in [2.75, 3.05) is 11.9 Å². The van der Waals surface area contributed by atoms with Gasteiger partial charge in [0.15, 0.2) is 0 Å². The Morgan fingerprint density at radius 3 is 2.71 bits per heavy atom. The molecular weight excluding hydrogens is 214 g/mol. The van der Waals surface area contributed by atoms with Crippen molar-refractivity contribution in [1.82, 2.24) is 15.0 Å². The molecule has 0 saturated carbocycles. The molecule has 0 unspecified atom stereocenters. The van der Waals surface area contributed by atoms with Gasteiger partial charge in [0.05, 0.1) is 0 Å². The van der Waals surface area contributed by atoms with Crippen molar-refractivity contribution in [3.8, 4) is 6.07 Å². The second-order valence-electron chi connectivity index (χ2n) is 3.57. The highest BCUT2D eigenvalue weighted by Crippen LogP contribution is 2.09. The molecule has 0 aromatic carbocycles. The Morgan fingerprint density at radius 2 is 2.00 bits per heavy atom. The van der Waals surface area contributed by atoms with E-state index in [1.807, 2.05) is 30.1 Å². The van der Waals surface area contributed by atoms with Crippen LogP contribution in [0, 0.1) is 11.3 Å². The van der Waals surface area contributed by atoms with E-state index < -0.39 is 0 Å². The SMILES string of the molecule is CN(Cc1ccncc1)c1nccc(C#N)n1. The van der Waals surface area contributed by atoms with Gasteiger partial charge in [-0.15, -0.1) is 0 Å². The monoisotopic (exact) mass is 225 g/mol. The first kappa shape index (κ1) is 11.0. The molecule has 5 nitrogen and oxygen atoms in total. The number of nitrogens with zero attached hydrogens (tertiary/aromatic N) is 5. The van der Waals surface area contributed by atoms with E-state index in [2.05, 4.69) is 15.0 Å². The van der Waals surface area contributed by atoms with Crippen LogP contribution < -0.4 is 4.90 Å². The summed E-state index contributed by atoms with van der Waals surface area (Å²) in [5, 5.41) is 8.77. The lowest BCUT2D eigenvalue weighted by Crippen LogP contribution is -2.19. The van der Waals surface area contributed by atoms with Crippen molar-refractivity contribution in [3.63, 3.8) is 0 Å². The molecule has 0 amide bonds. The van der Waals surface area contributed by atoms with Gasteiger partial charge in [-0.05, 0) is 23.8 Å². The van der Waals surface area contributed by atoms with E-state index in [1.54, 1.807) is 24.7 Å². The fourth-order valence-corrected chi connectivity index (χ4v) is 1.43. The minimum absolute atomic E-state index is 0.372. The Bertz CT molecular complexity index is 532. The van der Waals surface area contributed by atoms with Crippen LogP contribution in [-0.2, 0) is 6.54 Å². The zero-order chi connectivity index (χ0) is 12.1. The van der Waals surface area contributed by atoms with Crippen molar-refractivity contribution in [1.29, 1.82) is 5.26 Å². The van der Waals surface area contributed by atoms with Gasteiger partial charge in [0.25, 0.3) is 0 Å². The van der Waals surface area contributed by atoms with Crippen LogP contribution in [0.15, 0.2) is 36.8 Å². The highest BCUT2D eigenvalue weighted by molar-refractivity contribution is 5.33. The van der Waals surface area contributed by atoms with E-state index in [9.17, 15) is 0 Å². The third-order valence-corrected chi connectivity index (χ3v) is 2.27. The third kappa shape index (κ3) is 2.75. The van der Waals surface area contributed by atoms with E-state index in [0.717, 1.165) is 5.56 Å². The van der Waals surface area contributed by atoms with Crippen LogP contribution in [0.5, 0.6) is 0 Å². The summed E-state index contributed by atoms with van der Waals surface area (Å²) >= 11 is 0. The van der Waals surface area contributed by atoms with Gasteiger partial charge in [0, 0.05) is 32.2 Å². The fraction of sp³-hybridized carbons (Fsp3) is 0.167. The molecule has 2 aromatic heterocycles. The Hall–Kier alpha value is -2.48. The second kappa shape index (κ2) is 5.03.